The highest BCUT2D eigenvalue weighted by Gasteiger charge is 2.50. The van der Waals surface area contributed by atoms with Crippen LogP contribution in [0.4, 0.5) is 0 Å². The predicted octanol–water partition coefficient (Wildman–Crippen LogP) is 6.48. The first kappa shape index (κ1) is 33.5. The third-order valence-electron chi connectivity index (χ3n) is 6.03. The number of esters is 4. The molecule has 2 rings (SSSR count). The number of carbonyl (C=O) groups excluding carboxylic acids is 4. The third-order valence-corrected chi connectivity index (χ3v) is 6.03. The highest BCUT2D eigenvalue weighted by Crippen LogP contribution is 2.37. The summed E-state index contributed by atoms with van der Waals surface area (Å²) in [5.74, 6) is -2.37. The fourth-order valence-corrected chi connectivity index (χ4v) is 4.06. The van der Waals surface area contributed by atoms with Crippen molar-refractivity contribution in [1.82, 2.24) is 0 Å². The van der Waals surface area contributed by atoms with Crippen LogP contribution in [0.1, 0.15) is 91.2 Å². The largest absolute Gasteiger partial charge is 0.461 e. The molecule has 0 saturated heterocycles. The van der Waals surface area contributed by atoms with E-state index >= 15 is 0 Å². The van der Waals surface area contributed by atoms with Crippen LogP contribution in [0.3, 0.4) is 0 Å². The molecule has 0 bridgehead atoms. The van der Waals surface area contributed by atoms with E-state index in [1.807, 2.05) is 60.7 Å². The molecule has 8 heteroatoms. The molecule has 0 aliphatic heterocycles. The smallest absolute Gasteiger partial charge is 0.324 e. The second-order valence-electron chi connectivity index (χ2n) is 12.1. The van der Waals surface area contributed by atoms with Gasteiger partial charge in [-0.1, -0.05) is 60.7 Å². The number of rotatable bonds is 14. The summed E-state index contributed by atoms with van der Waals surface area (Å²) < 4.78 is 22.1. The SMILES string of the molecule is CC(C)(C)OC(=O)C(CCCC(=O)OCc1ccccc1)(CCCC(=O)OCc1ccccc1)C(=O)OC(C)(C)C. The maximum Gasteiger partial charge on any atom is 0.324 e. The van der Waals surface area contributed by atoms with E-state index in [1.54, 1.807) is 41.5 Å². The van der Waals surface area contributed by atoms with E-state index in [1.165, 1.54) is 0 Å². The zero-order chi connectivity index (χ0) is 30.5. The molecule has 41 heavy (non-hydrogen) atoms. The second-order valence-corrected chi connectivity index (χ2v) is 12.1. The first-order valence-corrected chi connectivity index (χ1v) is 14.1. The third kappa shape index (κ3) is 12.6. The van der Waals surface area contributed by atoms with E-state index in [4.69, 9.17) is 18.9 Å². The average molecular weight is 569 g/mol. The van der Waals surface area contributed by atoms with Crippen LogP contribution >= 0.6 is 0 Å². The van der Waals surface area contributed by atoms with Gasteiger partial charge in [-0.05, 0) is 78.4 Å². The highest BCUT2D eigenvalue weighted by molar-refractivity contribution is 6.00. The maximum absolute atomic E-state index is 13.6. The Hall–Kier alpha value is -3.68. The van der Waals surface area contributed by atoms with Gasteiger partial charge in [-0.25, -0.2) is 0 Å². The van der Waals surface area contributed by atoms with E-state index in [2.05, 4.69) is 0 Å². The van der Waals surface area contributed by atoms with Crippen LogP contribution in [0.15, 0.2) is 60.7 Å². The summed E-state index contributed by atoms with van der Waals surface area (Å²) in [5, 5.41) is 0. The number of hydrogen-bond donors (Lipinski definition) is 0. The monoisotopic (exact) mass is 568 g/mol. The summed E-state index contributed by atoms with van der Waals surface area (Å²) in [6, 6.07) is 18.6. The molecule has 0 fully saturated rings. The molecule has 0 aromatic heterocycles. The molecular formula is C33H44O8. The van der Waals surface area contributed by atoms with Gasteiger partial charge in [0.25, 0.3) is 0 Å². The Morgan fingerprint density at radius 2 is 0.902 bits per heavy atom. The minimum atomic E-state index is -1.71. The van der Waals surface area contributed by atoms with Gasteiger partial charge in [0.2, 0.25) is 0 Å². The normalized spacial score (nSPS) is 11.9. The van der Waals surface area contributed by atoms with Gasteiger partial charge in [0.15, 0.2) is 5.41 Å². The van der Waals surface area contributed by atoms with Crippen LogP contribution in [0.5, 0.6) is 0 Å². The molecule has 2 aromatic rings. The standard InChI is InChI=1S/C33H44O8/c1-31(2,3)40-29(36)33(30(37)41-32(4,5)6,21-13-19-27(34)38-23-25-15-9-7-10-16-25)22-14-20-28(35)39-24-26-17-11-8-12-18-26/h7-12,15-18H,13-14,19-24H2,1-6H3. The molecule has 224 valence electrons. The van der Waals surface area contributed by atoms with Gasteiger partial charge in [0.05, 0.1) is 0 Å². The van der Waals surface area contributed by atoms with Crippen molar-refractivity contribution in [2.24, 2.45) is 5.41 Å². The van der Waals surface area contributed by atoms with Crippen LogP contribution in [0, 0.1) is 5.41 Å². The van der Waals surface area contributed by atoms with Crippen molar-refractivity contribution >= 4 is 23.9 Å². The molecule has 0 atom stereocenters. The van der Waals surface area contributed by atoms with Crippen LogP contribution < -0.4 is 0 Å². The quantitative estimate of drug-likeness (QED) is 0.145. The first-order valence-electron chi connectivity index (χ1n) is 14.1. The lowest BCUT2D eigenvalue weighted by Crippen LogP contribution is -2.47. The number of hydrogen-bond acceptors (Lipinski definition) is 8. The highest BCUT2D eigenvalue weighted by atomic mass is 16.6. The second kappa shape index (κ2) is 15.4. The zero-order valence-electron chi connectivity index (χ0n) is 25.2. The zero-order valence-corrected chi connectivity index (χ0v) is 25.2. The van der Waals surface area contributed by atoms with Gasteiger partial charge in [-0.3, -0.25) is 19.2 Å². The van der Waals surface area contributed by atoms with Crippen molar-refractivity contribution in [2.45, 2.75) is 104 Å². The molecule has 0 aliphatic rings. The molecule has 0 N–H and O–H groups in total. The van der Waals surface area contributed by atoms with E-state index in [9.17, 15) is 19.2 Å². The van der Waals surface area contributed by atoms with Gasteiger partial charge in [-0.15, -0.1) is 0 Å². The minimum absolute atomic E-state index is 0.000698. The summed E-state index contributed by atoms with van der Waals surface area (Å²) in [5.41, 5.74) is -1.73. The first-order chi connectivity index (χ1) is 19.2. The summed E-state index contributed by atoms with van der Waals surface area (Å²) in [6.45, 7) is 10.6. The van der Waals surface area contributed by atoms with E-state index in [-0.39, 0.29) is 51.7 Å². The summed E-state index contributed by atoms with van der Waals surface area (Å²) in [6.07, 6.45) is 0.361. The van der Waals surface area contributed by atoms with Crippen LogP contribution in [0.25, 0.3) is 0 Å². The summed E-state index contributed by atoms with van der Waals surface area (Å²) >= 11 is 0. The van der Waals surface area contributed by atoms with Crippen molar-refractivity contribution in [2.75, 3.05) is 0 Å². The molecule has 0 heterocycles. The van der Waals surface area contributed by atoms with Crippen LogP contribution in [-0.2, 0) is 51.3 Å². The summed E-state index contributed by atoms with van der Waals surface area (Å²) in [4.78, 5) is 52.2. The molecule has 0 amide bonds. The Bertz CT molecular complexity index is 1040. The topological polar surface area (TPSA) is 105 Å². The Labute approximate surface area is 243 Å². The fraction of sp³-hybridized carbons (Fsp3) is 0.515. The van der Waals surface area contributed by atoms with E-state index in [0.29, 0.717) is 0 Å². The van der Waals surface area contributed by atoms with Crippen molar-refractivity contribution < 1.29 is 38.1 Å². The average Bonchev–Trinajstić information content (AvgIpc) is 2.89. The van der Waals surface area contributed by atoms with Crippen molar-refractivity contribution in [3.63, 3.8) is 0 Å². The van der Waals surface area contributed by atoms with E-state index < -0.39 is 40.5 Å². The van der Waals surface area contributed by atoms with Gasteiger partial charge in [0, 0.05) is 12.8 Å². The van der Waals surface area contributed by atoms with E-state index in [0.717, 1.165) is 11.1 Å². The molecule has 0 spiro atoms. The fourth-order valence-electron chi connectivity index (χ4n) is 4.06. The van der Waals surface area contributed by atoms with Crippen LogP contribution in [-0.4, -0.2) is 35.1 Å². The molecule has 0 unspecified atom stereocenters. The van der Waals surface area contributed by atoms with Crippen molar-refractivity contribution in [1.29, 1.82) is 0 Å². The molecule has 2 aromatic carbocycles. The van der Waals surface area contributed by atoms with Gasteiger partial charge in [-0.2, -0.15) is 0 Å². The Kier molecular flexibility index (Phi) is 12.6. The predicted molar refractivity (Wildman–Crippen MR) is 154 cm³/mol. The maximum atomic E-state index is 13.6. The number of benzene rings is 2. The van der Waals surface area contributed by atoms with Gasteiger partial charge in [0.1, 0.15) is 24.4 Å². The van der Waals surface area contributed by atoms with Gasteiger partial charge >= 0.3 is 23.9 Å². The van der Waals surface area contributed by atoms with Crippen molar-refractivity contribution in [3.05, 3.63) is 71.8 Å². The lowest BCUT2D eigenvalue weighted by atomic mass is 9.77. The number of carbonyl (C=O) groups is 4. The minimum Gasteiger partial charge on any atom is -0.461 e. The van der Waals surface area contributed by atoms with Crippen LogP contribution in [0.2, 0.25) is 0 Å². The molecule has 0 saturated carbocycles. The molecule has 0 radical (unpaired) electrons. The Morgan fingerprint density at radius 3 is 1.22 bits per heavy atom. The molecule has 0 aliphatic carbocycles. The lowest BCUT2D eigenvalue weighted by Gasteiger charge is -2.35. The number of ether oxygens (including phenoxy) is 4. The lowest BCUT2D eigenvalue weighted by molar-refractivity contribution is -0.187. The Morgan fingerprint density at radius 1 is 0.561 bits per heavy atom. The summed E-state index contributed by atoms with van der Waals surface area (Å²) in [7, 11) is 0. The van der Waals surface area contributed by atoms with Crippen molar-refractivity contribution in [3.8, 4) is 0 Å². The molecule has 8 nitrogen and oxygen atoms in total. The molecular weight excluding hydrogens is 524 g/mol. The van der Waals surface area contributed by atoms with Gasteiger partial charge < -0.3 is 18.9 Å². The Balaban J connectivity index is 2.14.